The van der Waals surface area contributed by atoms with Gasteiger partial charge in [0.05, 0.1) is 10.8 Å². The van der Waals surface area contributed by atoms with Gasteiger partial charge in [-0.1, -0.05) is 61.5 Å². The molecule has 0 radical (unpaired) electrons. The van der Waals surface area contributed by atoms with Gasteiger partial charge in [-0.15, -0.1) is 16.8 Å². The summed E-state index contributed by atoms with van der Waals surface area (Å²) in [6, 6.07) is 10.2. The summed E-state index contributed by atoms with van der Waals surface area (Å²) in [5.41, 5.74) is 3.12. The molecule has 0 bridgehead atoms. The average molecular weight is 489 g/mol. The van der Waals surface area contributed by atoms with Gasteiger partial charge in [-0.2, -0.15) is 0 Å². The molecule has 0 unspecified atom stereocenters. The summed E-state index contributed by atoms with van der Waals surface area (Å²) in [5.74, 6) is 0.545. The Hall–Kier alpha value is -2.84. The minimum Gasteiger partial charge on any atom is -0.486 e. The summed E-state index contributed by atoms with van der Waals surface area (Å²) in [7, 11) is 0. The molecule has 6 nitrogen and oxygen atoms in total. The Morgan fingerprint density at radius 2 is 1.97 bits per heavy atom. The summed E-state index contributed by atoms with van der Waals surface area (Å²) >= 11 is 7.10. The molecule has 1 aromatic heterocycles. The number of anilines is 1. The summed E-state index contributed by atoms with van der Waals surface area (Å²) in [5, 5.41) is 12.0. The molecular weight excluding hydrogens is 463 g/mol. The smallest absolute Gasteiger partial charge is 0.234 e. The quantitative estimate of drug-likeness (QED) is 0.277. The largest absolute Gasteiger partial charge is 0.486 e. The Balaban J connectivity index is 1.66. The monoisotopic (exact) mass is 488 g/mol. The molecule has 3 rings (SSSR count). The third-order valence-electron chi connectivity index (χ3n) is 4.96. The van der Waals surface area contributed by atoms with Crippen LogP contribution < -0.4 is 10.1 Å². The van der Waals surface area contributed by atoms with Crippen molar-refractivity contribution in [3.8, 4) is 5.75 Å². The number of para-hydroxylation sites is 1. The van der Waals surface area contributed by atoms with Crippen LogP contribution in [0.5, 0.6) is 5.75 Å². The first-order valence-electron chi connectivity index (χ1n) is 10.6. The van der Waals surface area contributed by atoms with Crippen molar-refractivity contribution >= 4 is 35.0 Å². The molecule has 9 heteroatoms. The molecule has 0 fully saturated rings. The summed E-state index contributed by atoms with van der Waals surface area (Å²) in [4.78, 5) is 12.7. The lowest BCUT2D eigenvalue weighted by molar-refractivity contribution is -0.113. The number of nitrogens with zero attached hydrogens (tertiary/aromatic N) is 3. The Morgan fingerprint density at radius 1 is 1.24 bits per heavy atom. The van der Waals surface area contributed by atoms with Gasteiger partial charge in [0.1, 0.15) is 18.2 Å². The Morgan fingerprint density at radius 3 is 2.61 bits per heavy atom. The number of amides is 1. The number of aromatic nitrogens is 3. The molecule has 1 N–H and O–H groups in total. The van der Waals surface area contributed by atoms with Crippen molar-refractivity contribution in [2.45, 2.75) is 45.0 Å². The van der Waals surface area contributed by atoms with E-state index in [9.17, 15) is 9.18 Å². The molecule has 33 heavy (non-hydrogen) atoms. The van der Waals surface area contributed by atoms with Crippen LogP contribution in [0.1, 0.15) is 30.8 Å². The highest BCUT2D eigenvalue weighted by Crippen LogP contribution is 2.25. The lowest BCUT2D eigenvalue weighted by atomic mass is 10.0. The van der Waals surface area contributed by atoms with E-state index in [1.54, 1.807) is 6.08 Å². The Kier molecular flexibility index (Phi) is 8.91. The van der Waals surface area contributed by atoms with E-state index < -0.39 is 5.82 Å². The number of hydrogen-bond acceptors (Lipinski definition) is 5. The molecule has 0 atom stereocenters. The fourth-order valence-electron chi connectivity index (χ4n) is 3.27. The predicted octanol–water partition coefficient (Wildman–Crippen LogP) is 5.69. The maximum Gasteiger partial charge on any atom is 0.234 e. The molecule has 0 aliphatic carbocycles. The van der Waals surface area contributed by atoms with Crippen LogP contribution >= 0.6 is 23.4 Å². The second-order valence-corrected chi connectivity index (χ2v) is 8.51. The zero-order chi connectivity index (χ0) is 23.8. The molecule has 1 amide bonds. The number of ether oxygens (including phenoxy) is 1. The number of halogens is 2. The predicted molar refractivity (Wildman–Crippen MR) is 131 cm³/mol. The van der Waals surface area contributed by atoms with E-state index in [2.05, 4.69) is 35.9 Å². The molecule has 1 heterocycles. The van der Waals surface area contributed by atoms with Gasteiger partial charge in [-0.3, -0.25) is 9.36 Å². The topological polar surface area (TPSA) is 69.0 Å². The number of carbonyl (C=O) groups is 1. The van der Waals surface area contributed by atoms with Gasteiger partial charge in [0, 0.05) is 18.3 Å². The van der Waals surface area contributed by atoms with Crippen LogP contribution in [0.15, 0.2) is 54.2 Å². The molecular formula is C24H26ClFN4O2S. The minimum absolute atomic E-state index is 0.0156. The van der Waals surface area contributed by atoms with Crippen LogP contribution in [-0.4, -0.2) is 26.4 Å². The van der Waals surface area contributed by atoms with Gasteiger partial charge >= 0.3 is 0 Å². The number of nitrogens with one attached hydrogen (secondary N) is 1. The average Bonchev–Trinajstić information content (AvgIpc) is 3.20. The minimum atomic E-state index is -0.511. The van der Waals surface area contributed by atoms with E-state index in [0.717, 1.165) is 29.7 Å². The normalized spacial score (nSPS) is 10.8. The van der Waals surface area contributed by atoms with E-state index >= 15 is 0 Å². The van der Waals surface area contributed by atoms with E-state index in [-0.39, 0.29) is 23.3 Å². The lowest BCUT2D eigenvalue weighted by Crippen LogP contribution is -2.17. The van der Waals surface area contributed by atoms with Crippen LogP contribution in [0.2, 0.25) is 5.02 Å². The highest BCUT2D eigenvalue weighted by Gasteiger charge is 2.16. The van der Waals surface area contributed by atoms with Gasteiger partial charge < -0.3 is 10.1 Å². The first kappa shape index (κ1) is 24.8. The molecule has 2 aromatic carbocycles. The number of aryl methyl sites for hydroxylation is 2. The molecule has 0 saturated carbocycles. The van der Waals surface area contributed by atoms with Crippen molar-refractivity contribution < 1.29 is 13.9 Å². The van der Waals surface area contributed by atoms with Crippen molar-refractivity contribution in [2.24, 2.45) is 0 Å². The van der Waals surface area contributed by atoms with E-state index in [0.29, 0.717) is 23.3 Å². The number of hydrogen-bond donors (Lipinski definition) is 1. The standard InChI is InChI=1S/C24H26ClFN4O2S/c1-4-12-30-21(14-32-18-10-11-20(26)19(25)13-18)28-29-24(30)33-15-22(31)27-23-16(5-2)8-7-9-17(23)6-3/h4,7-11,13H,1,5-6,12,14-15H2,2-3H3,(H,27,31). The third-order valence-corrected chi connectivity index (χ3v) is 6.22. The zero-order valence-corrected chi connectivity index (χ0v) is 20.2. The molecule has 3 aromatic rings. The molecule has 0 aliphatic rings. The molecule has 0 saturated heterocycles. The number of thioether (sulfide) groups is 1. The van der Waals surface area contributed by atoms with Crippen LogP contribution in [0.3, 0.4) is 0 Å². The van der Waals surface area contributed by atoms with Crippen molar-refractivity contribution in [3.05, 3.63) is 76.8 Å². The Bertz CT molecular complexity index is 1110. The van der Waals surface area contributed by atoms with Crippen molar-refractivity contribution in [3.63, 3.8) is 0 Å². The van der Waals surface area contributed by atoms with Gasteiger partial charge in [0.15, 0.2) is 11.0 Å². The van der Waals surface area contributed by atoms with Crippen LogP contribution in [0.25, 0.3) is 0 Å². The summed E-state index contributed by atoms with van der Waals surface area (Å²) in [6.07, 6.45) is 3.40. The lowest BCUT2D eigenvalue weighted by Gasteiger charge is -2.14. The van der Waals surface area contributed by atoms with Crippen molar-refractivity contribution in [1.82, 2.24) is 14.8 Å². The number of allylic oxidation sites excluding steroid dienone is 1. The van der Waals surface area contributed by atoms with Crippen LogP contribution in [-0.2, 0) is 30.8 Å². The highest BCUT2D eigenvalue weighted by molar-refractivity contribution is 7.99. The SMILES string of the molecule is C=CCn1c(COc2ccc(F)c(Cl)c2)nnc1SCC(=O)Nc1c(CC)cccc1CC. The van der Waals surface area contributed by atoms with Gasteiger partial charge in [-0.05, 0) is 36.1 Å². The van der Waals surface area contributed by atoms with E-state index in [1.165, 1.54) is 30.0 Å². The van der Waals surface area contributed by atoms with Gasteiger partial charge in [0.2, 0.25) is 5.91 Å². The first-order chi connectivity index (χ1) is 16.0. The molecule has 0 aliphatic heterocycles. The first-order valence-corrected chi connectivity index (χ1v) is 12.0. The van der Waals surface area contributed by atoms with Crippen molar-refractivity contribution in [2.75, 3.05) is 11.1 Å². The molecule has 174 valence electrons. The second kappa shape index (κ2) is 11.9. The van der Waals surface area contributed by atoms with Crippen LogP contribution in [0, 0.1) is 5.82 Å². The number of benzene rings is 2. The third kappa shape index (κ3) is 6.36. The van der Waals surface area contributed by atoms with Crippen molar-refractivity contribution in [1.29, 1.82) is 0 Å². The van der Waals surface area contributed by atoms with Gasteiger partial charge in [-0.25, -0.2) is 4.39 Å². The maximum absolute atomic E-state index is 13.3. The van der Waals surface area contributed by atoms with Crippen LogP contribution in [0.4, 0.5) is 10.1 Å². The summed E-state index contributed by atoms with van der Waals surface area (Å²) in [6.45, 7) is 8.49. The number of rotatable bonds is 11. The maximum atomic E-state index is 13.3. The highest BCUT2D eigenvalue weighted by atomic mass is 35.5. The summed E-state index contributed by atoms with van der Waals surface area (Å²) < 4.78 is 20.9. The molecule has 0 spiro atoms. The van der Waals surface area contributed by atoms with E-state index in [4.69, 9.17) is 16.3 Å². The fourth-order valence-corrected chi connectivity index (χ4v) is 4.21. The zero-order valence-electron chi connectivity index (χ0n) is 18.6. The fraction of sp³-hybridized carbons (Fsp3) is 0.292. The van der Waals surface area contributed by atoms with E-state index in [1.807, 2.05) is 22.8 Å². The Labute approximate surface area is 202 Å². The number of carbonyl (C=O) groups excluding carboxylic acids is 1. The van der Waals surface area contributed by atoms with Gasteiger partial charge in [0.25, 0.3) is 0 Å². The second-order valence-electron chi connectivity index (χ2n) is 7.16.